The molecule has 6 nitrogen and oxygen atoms in total. The lowest BCUT2D eigenvalue weighted by Gasteiger charge is -2.40. The van der Waals surface area contributed by atoms with Crippen LogP contribution in [0.2, 0.25) is 0 Å². The van der Waals surface area contributed by atoms with E-state index in [1.54, 1.807) is 12.3 Å². The van der Waals surface area contributed by atoms with Crippen molar-refractivity contribution in [3.8, 4) is 0 Å². The fourth-order valence-corrected chi connectivity index (χ4v) is 5.95. The Morgan fingerprint density at radius 2 is 2.07 bits per heavy atom. The van der Waals surface area contributed by atoms with Gasteiger partial charge < -0.3 is 18.1 Å². The Kier molecular flexibility index (Phi) is 3.43. The second-order valence-corrected chi connectivity index (χ2v) is 9.59. The largest absolute Gasteiger partial charge is 0.534 e. The summed E-state index contributed by atoms with van der Waals surface area (Å²) in [6.45, 7) is 0.313. The first kappa shape index (κ1) is 18.3. The molecule has 0 aromatic carbocycles. The van der Waals surface area contributed by atoms with E-state index in [1.807, 2.05) is 6.08 Å². The SMILES string of the molecule is O=S(=O)(OC1=C[C@H]2CC3=C[C@H]4OC=C1C3(C2)C1=C4CO[C@@H]1c1ccoc1)C(F)(F)F. The number of rotatable bonds is 3. The second kappa shape index (κ2) is 5.61. The van der Waals surface area contributed by atoms with Gasteiger partial charge in [-0.05, 0) is 42.6 Å². The number of fused-ring (bicyclic) bond motifs is 2. The molecule has 1 fully saturated rings. The summed E-state index contributed by atoms with van der Waals surface area (Å²) in [6, 6.07) is 1.78. The van der Waals surface area contributed by atoms with Crippen LogP contribution in [-0.2, 0) is 23.8 Å². The zero-order valence-corrected chi connectivity index (χ0v) is 16.1. The summed E-state index contributed by atoms with van der Waals surface area (Å²) in [5, 5.41) is 0. The molecule has 3 bridgehead atoms. The lowest BCUT2D eigenvalue weighted by molar-refractivity contribution is -0.0522. The van der Waals surface area contributed by atoms with E-state index in [-0.39, 0.29) is 11.7 Å². The van der Waals surface area contributed by atoms with E-state index >= 15 is 0 Å². The predicted molar refractivity (Wildman–Crippen MR) is 94.8 cm³/mol. The third-order valence-corrected chi connectivity index (χ3v) is 7.51. The molecule has 1 aromatic heterocycles. The molecule has 0 saturated heterocycles. The average Bonchev–Trinajstić information content (AvgIpc) is 3.35. The van der Waals surface area contributed by atoms with E-state index in [0.29, 0.717) is 25.0 Å². The highest BCUT2D eigenvalue weighted by atomic mass is 32.2. The number of alkyl halides is 3. The molecule has 30 heavy (non-hydrogen) atoms. The van der Waals surface area contributed by atoms with Gasteiger partial charge >= 0.3 is 15.6 Å². The Morgan fingerprint density at radius 1 is 1.23 bits per heavy atom. The van der Waals surface area contributed by atoms with Crippen LogP contribution in [0.3, 0.4) is 0 Å². The molecule has 4 atom stereocenters. The molecule has 1 aromatic rings. The van der Waals surface area contributed by atoms with Crippen molar-refractivity contribution in [2.75, 3.05) is 6.61 Å². The number of hydrogen-bond acceptors (Lipinski definition) is 6. The van der Waals surface area contributed by atoms with Gasteiger partial charge in [0.15, 0.2) is 0 Å². The molecular formula is C20H15F3O6S. The summed E-state index contributed by atoms with van der Waals surface area (Å²) in [5.41, 5.74) is -2.44. The number of hydrogen-bond donors (Lipinski definition) is 0. The minimum absolute atomic E-state index is 0.150. The van der Waals surface area contributed by atoms with E-state index in [2.05, 4.69) is 4.18 Å². The predicted octanol–water partition coefficient (Wildman–Crippen LogP) is 4.03. The van der Waals surface area contributed by atoms with Crippen LogP contribution >= 0.6 is 0 Å². The van der Waals surface area contributed by atoms with Crippen LogP contribution in [0.5, 0.6) is 0 Å². The highest BCUT2D eigenvalue weighted by Crippen LogP contribution is 2.68. The van der Waals surface area contributed by atoms with Crippen LogP contribution in [0.1, 0.15) is 24.5 Å². The molecule has 3 aliphatic heterocycles. The summed E-state index contributed by atoms with van der Waals surface area (Å²) in [7, 11) is -5.81. The van der Waals surface area contributed by atoms with Gasteiger partial charge in [0.25, 0.3) is 0 Å². The molecule has 0 N–H and O–H groups in total. The summed E-state index contributed by atoms with van der Waals surface area (Å²) < 4.78 is 84.3. The number of allylic oxidation sites excluding steroid dienone is 3. The third-order valence-electron chi connectivity index (χ3n) is 6.54. The molecule has 6 aliphatic rings. The molecule has 7 rings (SSSR count). The van der Waals surface area contributed by atoms with E-state index < -0.39 is 33.2 Å². The first-order valence-corrected chi connectivity index (χ1v) is 10.8. The van der Waals surface area contributed by atoms with Crippen molar-refractivity contribution in [1.82, 2.24) is 0 Å². The quantitative estimate of drug-likeness (QED) is 0.401. The van der Waals surface area contributed by atoms with Crippen LogP contribution in [0.4, 0.5) is 13.2 Å². The summed E-state index contributed by atoms with van der Waals surface area (Å²) >= 11 is 0. The molecule has 1 spiro atoms. The Bertz CT molecular complexity index is 1170. The van der Waals surface area contributed by atoms with Crippen molar-refractivity contribution in [2.45, 2.75) is 30.6 Å². The Labute approximate surface area is 169 Å². The first-order valence-electron chi connectivity index (χ1n) is 9.38. The van der Waals surface area contributed by atoms with E-state index in [1.165, 1.54) is 18.6 Å². The van der Waals surface area contributed by atoms with E-state index in [9.17, 15) is 21.6 Å². The second-order valence-electron chi connectivity index (χ2n) is 8.05. The zero-order valence-electron chi connectivity index (χ0n) is 15.3. The molecule has 1 unspecified atom stereocenters. The van der Waals surface area contributed by atoms with Gasteiger partial charge in [0.05, 0.1) is 25.4 Å². The van der Waals surface area contributed by atoms with Crippen LogP contribution in [0, 0.1) is 11.3 Å². The van der Waals surface area contributed by atoms with E-state index in [4.69, 9.17) is 13.9 Å². The monoisotopic (exact) mass is 440 g/mol. The standard InChI is InChI=1S/C20H15F3O6S/c21-20(22,23)30(24,25)29-16-4-10-3-12-5-15-13-8-28-18(11-1-2-26-7-11)17(13)19(12,6-10)14(16)9-27-15/h1-2,4-5,7,9-10,15,18H,3,6,8H2/t10-,15-,18-,19?/m1/s1. The number of halogens is 3. The molecule has 1 saturated carbocycles. The van der Waals surface area contributed by atoms with Gasteiger partial charge in [-0.15, -0.1) is 0 Å². The highest BCUT2D eigenvalue weighted by Gasteiger charge is 2.61. The van der Waals surface area contributed by atoms with Crippen LogP contribution in [0.25, 0.3) is 0 Å². The van der Waals surface area contributed by atoms with Crippen LogP contribution in [0.15, 0.2) is 69.5 Å². The van der Waals surface area contributed by atoms with Gasteiger partial charge in [-0.3, -0.25) is 0 Å². The summed E-state index contributed by atoms with van der Waals surface area (Å²) in [5.74, 6) is -0.470. The number of ether oxygens (including phenoxy) is 2. The van der Waals surface area contributed by atoms with Crippen molar-refractivity contribution < 1.29 is 39.7 Å². The number of furan rings is 1. The van der Waals surface area contributed by atoms with Crippen molar-refractivity contribution in [3.63, 3.8) is 0 Å². The van der Waals surface area contributed by atoms with Gasteiger partial charge in [0.2, 0.25) is 0 Å². The molecule has 0 radical (unpaired) electrons. The van der Waals surface area contributed by atoms with Crippen LogP contribution in [-0.4, -0.2) is 26.6 Å². The van der Waals surface area contributed by atoms with Crippen LogP contribution < -0.4 is 0 Å². The molecule has 10 heteroatoms. The maximum atomic E-state index is 13.0. The minimum Gasteiger partial charge on any atom is -0.489 e. The topological polar surface area (TPSA) is 75.0 Å². The fourth-order valence-electron chi connectivity index (χ4n) is 5.47. The van der Waals surface area contributed by atoms with E-state index in [0.717, 1.165) is 22.3 Å². The molecule has 3 aliphatic carbocycles. The maximum Gasteiger partial charge on any atom is 0.534 e. The highest BCUT2D eigenvalue weighted by molar-refractivity contribution is 7.87. The molecule has 4 heterocycles. The van der Waals surface area contributed by atoms with Crippen molar-refractivity contribution in [2.24, 2.45) is 11.3 Å². The summed E-state index contributed by atoms with van der Waals surface area (Å²) in [4.78, 5) is 0. The van der Waals surface area contributed by atoms with Crippen molar-refractivity contribution in [3.05, 3.63) is 70.6 Å². The Morgan fingerprint density at radius 3 is 2.80 bits per heavy atom. The lowest BCUT2D eigenvalue weighted by atomic mass is 9.62. The molecule has 158 valence electrons. The van der Waals surface area contributed by atoms with Gasteiger partial charge in [0, 0.05) is 22.1 Å². The van der Waals surface area contributed by atoms with Crippen molar-refractivity contribution in [1.29, 1.82) is 0 Å². The fraction of sp³-hybridized carbons (Fsp3) is 0.400. The Balaban J connectivity index is 1.51. The summed E-state index contributed by atoms with van der Waals surface area (Å²) in [6.07, 6.45) is 8.23. The third kappa shape index (κ3) is 2.20. The van der Waals surface area contributed by atoms with Gasteiger partial charge in [0.1, 0.15) is 18.0 Å². The zero-order chi connectivity index (χ0) is 20.9. The molecular weight excluding hydrogens is 425 g/mol. The maximum absolute atomic E-state index is 13.0. The normalized spacial score (nSPS) is 34.1. The van der Waals surface area contributed by atoms with Gasteiger partial charge in [-0.1, -0.05) is 5.57 Å². The lowest BCUT2D eigenvalue weighted by Crippen LogP contribution is -2.35. The Hall–Kier alpha value is -2.46. The first-order chi connectivity index (χ1) is 14.2. The minimum atomic E-state index is -5.81. The van der Waals surface area contributed by atoms with Gasteiger partial charge in [-0.25, -0.2) is 0 Å². The van der Waals surface area contributed by atoms with Crippen molar-refractivity contribution >= 4 is 10.1 Å². The average molecular weight is 440 g/mol. The van der Waals surface area contributed by atoms with Gasteiger partial charge in [-0.2, -0.15) is 21.6 Å². The molecule has 0 amide bonds. The smallest absolute Gasteiger partial charge is 0.489 e.